The third kappa shape index (κ3) is 3.13. The number of hydrogen-bond acceptors (Lipinski definition) is 7. The number of carbonyl (C=O) groups is 2. The van der Waals surface area contributed by atoms with Crippen LogP contribution in [-0.4, -0.2) is 35.2 Å². The maximum atomic E-state index is 12.2. The molecule has 1 amide bonds. The Balaban J connectivity index is 1.74. The molecule has 27 heavy (non-hydrogen) atoms. The summed E-state index contributed by atoms with van der Waals surface area (Å²) in [6.07, 6.45) is 3.54. The Morgan fingerprint density at radius 2 is 2.11 bits per heavy atom. The number of benzene rings is 1. The zero-order valence-corrected chi connectivity index (χ0v) is 14.7. The fourth-order valence-corrected chi connectivity index (χ4v) is 3.99. The van der Waals surface area contributed by atoms with E-state index in [2.05, 4.69) is 21.2 Å². The summed E-state index contributed by atoms with van der Waals surface area (Å²) < 4.78 is 4.75. The molecule has 2 aliphatic heterocycles. The molecule has 3 heterocycles. The highest BCUT2D eigenvalue weighted by atomic mass is 16.5. The summed E-state index contributed by atoms with van der Waals surface area (Å²) in [5.74, 6) is -0.982. The molecule has 4 rings (SSSR count). The molecule has 8 nitrogen and oxygen atoms in total. The van der Waals surface area contributed by atoms with Crippen LogP contribution in [0.5, 0.6) is 5.75 Å². The quantitative estimate of drug-likeness (QED) is 0.597. The first-order chi connectivity index (χ1) is 13.1. The van der Waals surface area contributed by atoms with Gasteiger partial charge in [-0.3, -0.25) is 9.78 Å². The average Bonchev–Trinajstić information content (AvgIpc) is 3.11. The number of rotatable bonds is 3. The summed E-state index contributed by atoms with van der Waals surface area (Å²) >= 11 is 0. The largest absolute Gasteiger partial charge is 0.507 e. The van der Waals surface area contributed by atoms with Crippen molar-refractivity contribution in [3.8, 4) is 5.75 Å². The van der Waals surface area contributed by atoms with Crippen LogP contribution in [0, 0.1) is 5.92 Å². The summed E-state index contributed by atoms with van der Waals surface area (Å²) in [6, 6.07) is 8.62. The number of aromatic nitrogens is 1. The van der Waals surface area contributed by atoms with Crippen LogP contribution >= 0.6 is 0 Å². The molecule has 2 saturated heterocycles. The van der Waals surface area contributed by atoms with Gasteiger partial charge in [0.25, 0.3) is 0 Å². The van der Waals surface area contributed by atoms with Gasteiger partial charge in [-0.1, -0.05) is 12.1 Å². The Hall–Kier alpha value is -2.97. The van der Waals surface area contributed by atoms with Crippen molar-refractivity contribution in [2.24, 2.45) is 5.92 Å². The van der Waals surface area contributed by atoms with Crippen molar-refractivity contribution >= 4 is 11.9 Å². The van der Waals surface area contributed by atoms with E-state index in [4.69, 9.17) is 4.74 Å². The van der Waals surface area contributed by atoms with E-state index in [9.17, 15) is 14.7 Å². The maximum absolute atomic E-state index is 12.2. The SMILES string of the molecule is COC(=O)c1cc(C2CC(=O)NC3NNC(c4cccnc4)C32)ccc1O. The van der Waals surface area contributed by atoms with Crippen molar-refractivity contribution in [1.29, 1.82) is 0 Å². The Morgan fingerprint density at radius 1 is 1.26 bits per heavy atom. The van der Waals surface area contributed by atoms with Crippen molar-refractivity contribution in [3.63, 3.8) is 0 Å². The highest BCUT2D eigenvalue weighted by Gasteiger charge is 2.46. The van der Waals surface area contributed by atoms with Crippen LogP contribution in [-0.2, 0) is 9.53 Å². The zero-order chi connectivity index (χ0) is 19.0. The second-order valence-electron chi connectivity index (χ2n) is 6.75. The van der Waals surface area contributed by atoms with Crippen LogP contribution in [0.3, 0.4) is 0 Å². The smallest absolute Gasteiger partial charge is 0.341 e. The molecule has 4 atom stereocenters. The Bertz CT molecular complexity index is 873. The molecule has 8 heteroatoms. The Labute approximate surface area is 155 Å². The van der Waals surface area contributed by atoms with E-state index in [1.807, 2.05) is 12.1 Å². The van der Waals surface area contributed by atoms with Gasteiger partial charge in [-0.05, 0) is 29.3 Å². The van der Waals surface area contributed by atoms with Gasteiger partial charge in [0.2, 0.25) is 5.91 Å². The zero-order valence-electron chi connectivity index (χ0n) is 14.7. The molecular weight excluding hydrogens is 348 g/mol. The van der Waals surface area contributed by atoms with Gasteiger partial charge in [0.05, 0.1) is 19.3 Å². The number of fused-ring (bicyclic) bond motifs is 1. The van der Waals surface area contributed by atoms with Crippen molar-refractivity contribution in [2.45, 2.75) is 24.5 Å². The lowest BCUT2D eigenvalue weighted by Gasteiger charge is -2.36. The summed E-state index contributed by atoms with van der Waals surface area (Å²) in [5, 5.41) is 13.0. The number of nitrogens with one attached hydrogen (secondary N) is 3. The van der Waals surface area contributed by atoms with Gasteiger partial charge in [0.15, 0.2) is 0 Å². The monoisotopic (exact) mass is 368 g/mol. The lowest BCUT2D eigenvalue weighted by molar-refractivity contribution is -0.125. The summed E-state index contributed by atoms with van der Waals surface area (Å²) in [7, 11) is 1.27. The number of hydrogen-bond donors (Lipinski definition) is 4. The number of amides is 1. The number of aromatic hydroxyl groups is 1. The first kappa shape index (κ1) is 17.4. The number of methoxy groups -OCH3 is 1. The second kappa shape index (κ2) is 6.98. The van der Waals surface area contributed by atoms with Gasteiger partial charge in [-0.2, -0.15) is 0 Å². The van der Waals surface area contributed by atoms with E-state index in [0.717, 1.165) is 11.1 Å². The third-order valence-corrected chi connectivity index (χ3v) is 5.25. The molecule has 0 saturated carbocycles. The summed E-state index contributed by atoms with van der Waals surface area (Å²) in [5.41, 5.74) is 8.30. The van der Waals surface area contributed by atoms with Gasteiger partial charge in [-0.15, -0.1) is 0 Å². The van der Waals surface area contributed by atoms with E-state index in [1.165, 1.54) is 13.2 Å². The van der Waals surface area contributed by atoms with Crippen molar-refractivity contribution < 1.29 is 19.4 Å². The minimum absolute atomic E-state index is 0.00180. The minimum atomic E-state index is -0.613. The second-order valence-corrected chi connectivity index (χ2v) is 6.75. The fraction of sp³-hybridized carbons (Fsp3) is 0.316. The molecule has 0 radical (unpaired) electrons. The van der Waals surface area contributed by atoms with Crippen LogP contribution < -0.4 is 16.2 Å². The van der Waals surface area contributed by atoms with Crippen LogP contribution in [0.1, 0.15) is 39.9 Å². The molecule has 2 fully saturated rings. The molecule has 0 bridgehead atoms. The lowest BCUT2D eigenvalue weighted by Crippen LogP contribution is -2.52. The Kier molecular flexibility index (Phi) is 4.51. The number of phenolic OH excluding ortho intramolecular Hbond substituents is 1. The number of carbonyl (C=O) groups excluding carboxylic acids is 2. The van der Waals surface area contributed by atoms with Crippen LogP contribution in [0.15, 0.2) is 42.7 Å². The van der Waals surface area contributed by atoms with Crippen molar-refractivity contribution in [1.82, 2.24) is 21.2 Å². The highest BCUT2D eigenvalue weighted by Crippen LogP contribution is 2.43. The van der Waals surface area contributed by atoms with E-state index < -0.39 is 5.97 Å². The standard InChI is InChI=1S/C19H20N4O4/c1-27-19(26)13-7-10(4-5-14(13)24)12-8-15(25)21-18-16(12)17(22-23-18)11-3-2-6-20-9-11/h2-7,9,12,16-18,22-24H,8H2,1H3,(H,21,25). The van der Waals surface area contributed by atoms with E-state index in [1.54, 1.807) is 24.5 Å². The first-order valence-corrected chi connectivity index (χ1v) is 8.70. The molecular formula is C19H20N4O4. The van der Waals surface area contributed by atoms with Gasteiger partial charge >= 0.3 is 5.97 Å². The average molecular weight is 368 g/mol. The fourth-order valence-electron chi connectivity index (χ4n) is 3.99. The topological polar surface area (TPSA) is 113 Å². The molecule has 2 aromatic rings. The van der Waals surface area contributed by atoms with Gasteiger partial charge in [0.1, 0.15) is 11.3 Å². The predicted molar refractivity (Wildman–Crippen MR) is 95.5 cm³/mol. The first-order valence-electron chi connectivity index (χ1n) is 8.70. The van der Waals surface area contributed by atoms with Crippen LogP contribution in [0.4, 0.5) is 0 Å². The minimum Gasteiger partial charge on any atom is -0.507 e. The number of hydrazine groups is 1. The molecule has 4 N–H and O–H groups in total. The highest BCUT2D eigenvalue weighted by molar-refractivity contribution is 5.92. The molecule has 1 aromatic carbocycles. The number of esters is 1. The number of phenols is 1. The summed E-state index contributed by atoms with van der Waals surface area (Å²) in [4.78, 5) is 28.4. The molecule has 1 aromatic heterocycles. The van der Waals surface area contributed by atoms with Crippen molar-refractivity contribution in [3.05, 3.63) is 59.4 Å². The molecule has 2 aliphatic rings. The van der Waals surface area contributed by atoms with Gasteiger partial charge in [0, 0.05) is 30.7 Å². The Morgan fingerprint density at radius 3 is 2.85 bits per heavy atom. The van der Waals surface area contributed by atoms with E-state index in [-0.39, 0.29) is 47.7 Å². The predicted octanol–water partition coefficient (Wildman–Crippen LogP) is 0.969. The van der Waals surface area contributed by atoms with Crippen LogP contribution in [0.25, 0.3) is 0 Å². The number of ether oxygens (including phenoxy) is 1. The summed E-state index contributed by atoms with van der Waals surface area (Å²) in [6.45, 7) is 0. The number of pyridine rings is 1. The van der Waals surface area contributed by atoms with Gasteiger partial charge in [-0.25, -0.2) is 15.6 Å². The molecule has 0 aliphatic carbocycles. The molecule has 140 valence electrons. The number of piperidine rings is 1. The van der Waals surface area contributed by atoms with Crippen molar-refractivity contribution in [2.75, 3.05) is 7.11 Å². The molecule has 0 spiro atoms. The van der Waals surface area contributed by atoms with Gasteiger partial charge < -0.3 is 15.2 Å². The number of nitrogens with zero attached hydrogens (tertiary/aromatic N) is 1. The molecule has 4 unspecified atom stereocenters. The van der Waals surface area contributed by atoms with E-state index >= 15 is 0 Å². The third-order valence-electron chi connectivity index (χ3n) is 5.25. The van der Waals surface area contributed by atoms with E-state index in [0.29, 0.717) is 0 Å². The van der Waals surface area contributed by atoms with Crippen LogP contribution in [0.2, 0.25) is 0 Å². The maximum Gasteiger partial charge on any atom is 0.341 e. The normalized spacial score (nSPS) is 26.9. The lowest BCUT2D eigenvalue weighted by atomic mass is 9.74.